The first-order valence-electron chi connectivity index (χ1n) is 11.1. The average molecular weight is 451 g/mol. The molecular weight excluding hydrogens is 420 g/mol. The second-order valence-corrected chi connectivity index (χ2v) is 8.31. The third-order valence-corrected chi connectivity index (χ3v) is 5.46. The minimum absolute atomic E-state index is 0.102. The molecule has 3 rings (SSSR count). The largest absolute Gasteiger partial charge is 0.346 e. The van der Waals surface area contributed by atoms with Crippen molar-refractivity contribution in [2.75, 3.05) is 26.2 Å². The molecule has 1 saturated heterocycles. The Bertz CT molecular complexity index is 970. The zero-order valence-corrected chi connectivity index (χ0v) is 19.0. The normalized spacial score (nSPS) is 14.5. The fourth-order valence-electron chi connectivity index (χ4n) is 3.70. The summed E-state index contributed by atoms with van der Waals surface area (Å²) in [6.45, 7) is 4.86. The minimum atomic E-state index is -0.627. The van der Waals surface area contributed by atoms with Gasteiger partial charge in [0.2, 0.25) is 5.91 Å². The average Bonchev–Trinajstić information content (AvgIpc) is 2.83. The fourth-order valence-corrected chi connectivity index (χ4v) is 3.70. The van der Waals surface area contributed by atoms with E-state index in [0.717, 1.165) is 5.56 Å². The van der Waals surface area contributed by atoms with Gasteiger partial charge < -0.3 is 20.4 Å². The van der Waals surface area contributed by atoms with Crippen LogP contribution in [0.15, 0.2) is 60.7 Å². The summed E-state index contributed by atoms with van der Waals surface area (Å²) in [5, 5.41) is 5.57. The number of hydrogen-bond donors (Lipinski definition) is 2. The van der Waals surface area contributed by atoms with Crippen LogP contribution in [0.2, 0.25) is 0 Å². The monoisotopic (exact) mass is 450 g/mol. The molecule has 2 aromatic carbocycles. The summed E-state index contributed by atoms with van der Waals surface area (Å²) in [6.07, 6.45) is 0.102. The van der Waals surface area contributed by atoms with E-state index < -0.39 is 17.9 Å². The summed E-state index contributed by atoms with van der Waals surface area (Å²) in [6, 6.07) is 17.7. The van der Waals surface area contributed by atoms with Crippen molar-refractivity contribution in [3.8, 4) is 0 Å². The number of benzene rings is 2. The molecular formula is C25H30N4O4. The molecule has 174 valence electrons. The number of rotatable bonds is 6. The molecule has 2 aromatic rings. The number of hydrogen-bond acceptors (Lipinski definition) is 4. The smallest absolute Gasteiger partial charge is 0.312 e. The van der Waals surface area contributed by atoms with Crippen LogP contribution in [0.1, 0.15) is 42.2 Å². The fraction of sp³-hybridized carbons (Fsp3) is 0.360. The Hall–Kier alpha value is -3.68. The maximum Gasteiger partial charge on any atom is 0.312 e. The first kappa shape index (κ1) is 24.0. The maximum absolute atomic E-state index is 13.0. The summed E-state index contributed by atoms with van der Waals surface area (Å²) in [7, 11) is 0. The summed E-state index contributed by atoms with van der Waals surface area (Å²) < 4.78 is 0. The zero-order chi connectivity index (χ0) is 23.8. The number of carbonyl (C=O) groups excluding carboxylic acids is 4. The number of nitrogens with zero attached hydrogens (tertiary/aromatic N) is 2. The van der Waals surface area contributed by atoms with Crippen LogP contribution >= 0.6 is 0 Å². The van der Waals surface area contributed by atoms with Crippen molar-refractivity contribution in [1.82, 2.24) is 20.4 Å². The highest BCUT2D eigenvalue weighted by Crippen LogP contribution is 2.19. The third kappa shape index (κ3) is 6.65. The molecule has 8 heteroatoms. The Labute approximate surface area is 193 Å². The van der Waals surface area contributed by atoms with Gasteiger partial charge in [-0.1, -0.05) is 48.5 Å². The maximum atomic E-state index is 13.0. The molecule has 2 N–H and O–H groups in total. The van der Waals surface area contributed by atoms with Gasteiger partial charge in [-0.25, -0.2) is 0 Å². The summed E-state index contributed by atoms with van der Waals surface area (Å²) >= 11 is 0. The van der Waals surface area contributed by atoms with Crippen LogP contribution in [0.5, 0.6) is 0 Å². The number of piperazine rings is 1. The van der Waals surface area contributed by atoms with Crippen molar-refractivity contribution in [2.45, 2.75) is 32.4 Å². The molecule has 0 spiro atoms. The lowest BCUT2D eigenvalue weighted by Crippen LogP contribution is -2.54. The Morgan fingerprint density at radius 2 is 1.33 bits per heavy atom. The van der Waals surface area contributed by atoms with Crippen molar-refractivity contribution in [2.24, 2.45) is 0 Å². The van der Waals surface area contributed by atoms with E-state index in [1.54, 1.807) is 43.0 Å². The van der Waals surface area contributed by atoms with Gasteiger partial charge in [0.05, 0.1) is 12.5 Å². The van der Waals surface area contributed by atoms with Crippen LogP contribution < -0.4 is 10.6 Å². The van der Waals surface area contributed by atoms with E-state index >= 15 is 0 Å². The van der Waals surface area contributed by atoms with Crippen molar-refractivity contribution >= 4 is 23.6 Å². The van der Waals surface area contributed by atoms with Gasteiger partial charge in [-0.15, -0.1) is 0 Å². The quantitative estimate of drug-likeness (QED) is 0.655. The van der Waals surface area contributed by atoms with Crippen molar-refractivity contribution in [1.29, 1.82) is 0 Å². The lowest BCUT2D eigenvalue weighted by molar-refractivity contribution is -0.148. The molecule has 33 heavy (non-hydrogen) atoms. The van der Waals surface area contributed by atoms with Gasteiger partial charge in [-0.2, -0.15) is 0 Å². The van der Waals surface area contributed by atoms with E-state index in [4.69, 9.17) is 0 Å². The van der Waals surface area contributed by atoms with E-state index in [1.807, 2.05) is 36.4 Å². The molecule has 8 nitrogen and oxygen atoms in total. The van der Waals surface area contributed by atoms with Crippen LogP contribution in [0.3, 0.4) is 0 Å². The lowest BCUT2D eigenvalue weighted by Gasteiger charge is -2.35. The van der Waals surface area contributed by atoms with E-state index in [2.05, 4.69) is 10.6 Å². The second-order valence-electron chi connectivity index (χ2n) is 8.31. The molecule has 1 atom stereocenters. The van der Waals surface area contributed by atoms with Crippen LogP contribution in [0, 0.1) is 0 Å². The Morgan fingerprint density at radius 1 is 0.788 bits per heavy atom. The molecule has 1 heterocycles. The predicted molar refractivity (Wildman–Crippen MR) is 124 cm³/mol. The minimum Gasteiger partial charge on any atom is -0.346 e. The van der Waals surface area contributed by atoms with Crippen molar-refractivity contribution in [3.05, 3.63) is 71.8 Å². The number of amides is 4. The van der Waals surface area contributed by atoms with Gasteiger partial charge in [0.15, 0.2) is 0 Å². The highest BCUT2D eigenvalue weighted by molar-refractivity contribution is 6.35. The molecule has 0 radical (unpaired) electrons. The van der Waals surface area contributed by atoms with E-state index in [9.17, 15) is 19.2 Å². The van der Waals surface area contributed by atoms with Gasteiger partial charge in [-0.3, -0.25) is 19.2 Å². The van der Waals surface area contributed by atoms with Crippen LogP contribution in [0.4, 0.5) is 0 Å². The highest BCUT2D eigenvalue weighted by atomic mass is 16.2. The lowest BCUT2D eigenvalue weighted by atomic mass is 10.0. The molecule has 1 aliphatic heterocycles. The molecule has 1 aliphatic rings. The Morgan fingerprint density at radius 3 is 1.91 bits per heavy atom. The molecule has 0 aliphatic carbocycles. The van der Waals surface area contributed by atoms with Gasteiger partial charge in [0.25, 0.3) is 5.91 Å². The highest BCUT2D eigenvalue weighted by Gasteiger charge is 2.29. The summed E-state index contributed by atoms with van der Waals surface area (Å²) in [5.74, 6) is -1.56. The van der Waals surface area contributed by atoms with E-state index in [0.29, 0.717) is 31.7 Å². The molecule has 1 fully saturated rings. The molecule has 0 aromatic heterocycles. The van der Waals surface area contributed by atoms with Crippen LogP contribution in [-0.2, 0) is 14.4 Å². The Kier molecular flexibility index (Phi) is 8.18. The third-order valence-electron chi connectivity index (χ3n) is 5.46. The predicted octanol–water partition coefficient (Wildman–Crippen LogP) is 1.74. The van der Waals surface area contributed by atoms with Crippen LogP contribution in [0.25, 0.3) is 0 Å². The van der Waals surface area contributed by atoms with Crippen molar-refractivity contribution < 1.29 is 19.2 Å². The number of nitrogens with one attached hydrogen (secondary N) is 2. The molecule has 0 bridgehead atoms. The second kappa shape index (κ2) is 11.3. The first-order valence-corrected chi connectivity index (χ1v) is 11.1. The topological polar surface area (TPSA) is 98.8 Å². The van der Waals surface area contributed by atoms with E-state index in [1.165, 1.54) is 4.90 Å². The summed E-state index contributed by atoms with van der Waals surface area (Å²) in [4.78, 5) is 53.2. The van der Waals surface area contributed by atoms with E-state index in [-0.39, 0.29) is 24.3 Å². The standard InChI is InChI=1S/C25H30N4O4/c1-18(2)26-24(32)25(33)29-15-13-28(14-16-29)22(30)17-21(19-9-5-3-6-10-19)27-23(31)20-11-7-4-8-12-20/h3-12,18,21H,13-17H2,1-2H3,(H,26,32)(H,27,31). The number of carbonyl (C=O) groups is 4. The van der Waals surface area contributed by atoms with Crippen molar-refractivity contribution in [3.63, 3.8) is 0 Å². The summed E-state index contributed by atoms with van der Waals surface area (Å²) in [5.41, 5.74) is 1.37. The molecule has 1 unspecified atom stereocenters. The van der Waals surface area contributed by atoms with Gasteiger partial charge in [0.1, 0.15) is 0 Å². The first-order chi connectivity index (χ1) is 15.8. The van der Waals surface area contributed by atoms with Gasteiger partial charge >= 0.3 is 11.8 Å². The van der Waals surface area contributed by atoms with Gasteiger partial charge in [0, 0.05) is 37.8 Å². The molecule has 4 amide bonds. The van der Waals surface area contributed by atoms with Gasteiger partial charge in [-0.05, 0) is 31.5 Å². The Balaban J connectivity index is 1.61. The zero-order valence-electron chi connectivity index (χ0n) is 19.0. The molecule has 0 saturated carbocycles. The SMILES string of the molecule is CC(C)NC(=O)C(=O)N1CCN(C(=O)CC(NC(=O)c2ccccc2)c2ccccc2)CC1. The van der Waals surface area contributed by atoms with Crippen LogP contribution in [-0.4, -0.2) is 65.6 Å².